The van der Waals surface area contributed by atoms with Crippen LogP contribution in [0.15, 0.2) is 36.5 Å². The lowest BCUT2D eigenvalue weighted by Crippen LogP contribution is -2.23. The molecule has 5 heteroatoms. The Labute approximate surface area is 122 Å². The number of methoxy groups -OCH3 is 1. The van der Waals surface area contributed by atoms with Gasteiger partial charge >= 0.3 is 0 Å². The Morgan fingerprint density at radius 2 is 2.15 bits per heavy atom. The molecule has 0 spiro atoms. The topological polar surface area (TPSA) is 34.2 Å². The molecule has 0 bridgehead atoms. The molecule has 2 rings (SSSR count). The lowest BCUT2D eigenvalue weighted by atomic mass is 9.99. The fourth-order valence-corrected chi connectivity index (χ4v) is 2.35. The van der Waals surface area contributed by atoms with Crippen LogP contribution in [0.25, 0.3) is 0 Å². The molecule has 0 aliphatic carbocycles. The van der Waals surface area contributed by atoms with E-state index in [9.17, 15) is 4.39 Å². The van der Waals surface area contributed by atoms with Gasteiger partial charge in [0.2, 0.25) is 5.88 Å². The molecule has 1 atom stereocenters. The van der Waals surface area contributed by atoms with Crippen molar-refractivity contribution in [3.63, 3.8) is 0 Å². The number of aromatic nitrogens is 1. The second-order valence-corrected chi connectivity index (χ2v) is 4.67. The first kappa shape index (κ1) is 14.8. The summed E-state index contributed by atoms with van der Waals surface area (Å²) in [6.45, 7) is 2.68. The van der Waals surface area contributed by atoms with E-state index < -0.39 is 0 Å². The normalized spacial score (nSPS) is 12.2. The quantitative estimate of drug-likeness (QED) is 0.915. The molecule has 0 amide bonds. The van der Waals surface area contributed by atoms with Gasteiger partial charge in [-0.3, -0.25) is 0 Å². The van der Waals surface area contributed by atoms with E-state index in [0.29, 0.717) is 23.0 Å². The van der Waals surface area contributed by atoms with Crippen molar-refractivity contribution in [1.82, 2.24) is 10.3 Å². The first-order valence-electron chi connectivity index (χ1n) is 6.34. The number of ether oxygens (including phenoxy) is 1. The molecule has 1 unspecified atom stereocenters. The van der Waals surface area contributed by atoms with Gasteiger partial charge in [0.05, 0.1) is 13.2 Å². The molecule has 0 saturated heterocycles. The predicted octanol–water partition coefficient (Wildman–Crippen LogP) is 3.58. The summed E-state index contributed by atoms with van der Waals surface area (Å²) < 4.78 is 18.8. The third kappa shape index (κ3) is 3.08. The molecule has 3 nitrogen and oxygen atoms in total. The lowest BCUT2D eigenvalue weighted by Gasteiger charge is -2.21. The molecule has 1 heterocycles. The molecule has 20 heavy (non-hydrogen) atoms. The van der Waals surface area contributed by atoms with E-state index in [2.05, 4.69) is 10.3 Å². The van der Waals surface area contributed by atoms with Crippen molar-refractivity contribution in [2.75, 3.05) is 13.7 Å². The van der Waals surface area contributed by atoms with E-state index in [1.54, 1.807) is 19.4 Å². The average molecular weight is 295 g/mol. The Kier molecular flexibility index (Phi) is 4.93. The Morgan fingerprint density at radius 3 is 2.85 bits per heavy atom. The van der Waals surface area contributed by atoms with E-state index in [1.165, 1.54) is 12.1 Å². The summed E-state index contributed by atoms with van der Waals surface area (Å²) in [7, 11) is 1.56. The van der Waals surface area contributed by atoms with Crippen molar-refractivity contribution in [1.29, 1.82) is 0 Å². The number of nitrogens with zero attached hydrogens (tertiary/aromatic N) is 1. The molecule has 1 aromatic heterocycles. The number of nitrogens with one attached hydrogen (secondary N) is 1. The van der Waals surface area contributed by atoms with Crippen LogP contribution in [0.3, 0.4) is 0 Å². The number of hydrogen-bond acceptors (Lipinski definition) is 3. The van der Waals surface area contributed by atoms with Gasteiger partial charge in [0.25, 0.3) is 0 Å². The van der Waals surface area contributed by atoms with Gasteiger partial charge in [0.1, 0.15) is 5.82 Å². The van der Waals surface area contributed by atoms with E-state index in [4.69, 9.17) is 16.3 Å². The molecule has 0 aliphatic rings. The van der Waals surface area contributed by atoms with Crippen molar-refractivity contribution >= 4 is 11.6 Å². The average Bonchev–Trinajstić information content (AvgIpc) is 2.47. The summed E-state index contributed by atoms with van der Waals surface area (Å²) in [5.41, 5.74) is 1.49. The molecule has 1 aromatic carbocycles. The SMILES string of the molecule is CCNC(c1cc(F)ccc1Cl)c1cccnc1OC. The number of benzene rings is 1. The summed E-state index contributed by atoms with van der Waals surface area (Å²) in [5.74, 6) is 0.175. The number of hydrogen-bond donors (Lipinski definition) is 1. The fourth-order valence-electron chi connectivity index (χ4n) is 2.12. The van der Waals surface area contributed by atoms with Gasteiger partial charge in [-0.1, -0.05) is 24.6 Å². The number of halogens is 2. The Hall–Kier alpha value is -1.65. The van der Waals surface area contributed by atoms with Crippen molar-refractivity contribution < 1.29 is 9.13 Å². The van der Waals surface area contributed by atoms with Gasteiger partial charge < -0.3 is 10.1 Å². The first-order valence-corrected chi connectivity index (χ1v) is 6.72. The second-order valence-electron chi connectivity index (χ2n) is 4.26. The zero-order valence-corrected chi connectivity index (χ0v) is 12.1. The van der Waals surface area contributed by atoms with Crippen LogP contribution in [0.4, 0.5) is 4.39 Å². The van der Waals surface area contributed by atoms with Crippen LogP contribution < -0.4 is 10.1 Å². The Morgan fingerprint density at radius 1 is 1.35 bits per heavy atom. The van der Waals surface area contributed by atoms with Crippen molar-refractivity contribution in [2.45, 2.75) is 13.0 Å². The van der Waals surface area contributed by atoms with E-state index in [1.807, 2.05) is 19.1 Å². The molecule has 0 aliphatic heterocycles. The van der Waals surface area contributed by atoms with Crippen molar-refractivity contribution in [2.24, 2.45) is 0 Å². The lowest BCUT2D eigenvalue weighted by molar-refractivity contribution is 0.387. The first-order chi connectivity index (χ1) is 9.67. The monoisotopic (exact) mass is 294 g/mol. The van der Waals surface area contributed by atoms with E-state index in [-0.39, 0.29) is 11.9 Å². The van der Waals surface area contributed by atoms with Gasteiger partial charge in [-0.15, -0.1) is 0 Å². The van der Waals surface area contributed by atoms with E-state index >= 15 is 0 Å². The summed E-state index contributed by atoms with van der Waals surface area (Å²) in [6, 6.07) is 7.76. The minimum atomic E-state index is -0.324. The van der Waals surface area contributed by atoms with Crippen LogP contribution in [-0.4, -0.2) is 18.6 Å². The van der Waals surface area contributed by atoms with Crippen LogP contribution in [0, 0.1) is 5.82 Å². The smallest absolute Gasteiger partial charge is 0.218 e. The summed E-state index contributed by atoms with van der Waals surface area (Å²) in [6.07, 6.45) is 1.65. The van der Waals surface area contributed by atoms with Crippen LogP contribution in [0.5, 0.6) is 5.88 Å². The molecule has 0 fully saturated rings. The Balaban J connectivity index is 2.53. The number of pyridine rings is 1. The Bertz CT molecular complexity index is 592. The summed E-state index contributed by atoms with van der Waals surface area (Å²) >= 11 is 6.20. The third-order valence-corrected chi connectivity index (χ3v) is 3.33. The molecule has 2 aromatic rings. The fraction of sp³-hybridized carbons (Fsp3) is 0.267. The van der Waals surface area contributed by atoms with Gasteiger partial charge in [-0.05, 0) is 36.4 Å². The van der Waals surface area contributed by atoms with Crippen LogP contribution in [0.1, 0.15) is 24.1 Å². The molecular weight excluding hydrogens is 279 g/mol. The molecular formula is C15H16ClFN2O. The third-order valence-electron chi connectivity index (χ3n) is 2.98. The predicted molar refractivity (Wildman–Crippen MR) is 77.7 cm³/mol. The molecule has 1 N–H and O–H groups in total. The van der Waals surface area contributed by atoms with Gasteiger partial charge in [-0.25, -0.2) is 9.37 Å². The van der Waals surface area contributed by atoms with E-state index in [0.717, 1.165) is 5.56 Å². The van der Waals surface area contributed by atoms with Crippen LogP contribution >= 0.6 is 11.6 Å². The zero-order valence-electron chi connectivity index (χ0n) is 11.4. The molecule has 0 radical (unpaired) electrons. The summed E-state index contributed by atoms with van der Waals surface area (Å²) in [4.78, 5) is 4.18. The van der Waals surface area contributed by atoms with Crippen molar-refractivity contribution in [3.05, 3.63) is 58.5 Å². The zero-order chi connectivity index (χ0) is 14.5. The maximum absolute atomic E-state index is 13.5. The number of rotatable bonds is 5. The molecule has 0 saturated carbocycles. The van der Waals surface area contributed by atoms with Crippen molar-refractivity contribution in [3.8, 4) is 5.88 Å². The highest BCUT2D eigenvalue weighted by molar-refractivity contribution is 6.31. The maximum atomic E-state index is 13.5. The van der Waals surface area contributed by atoms with Crippen LogP contribution in [-0.2, 0) is 0 Å². The maximum Gasteiger partial charge on any atom is 0.218 e. The second kappa shape index (κ2) is 6.68. The van der Waals surface area contributed by atoms with Gasteiger partial charge in [0, 0.05) is 16.8 Å². The standard InChI is InChI=1S/C15H16ClFN2O/c1-3-18-14(11-5-4-8-19-15(11)20-2)12-9-10(17)6-7-13(12)16/h4-9,14,18H,3H2,1-2H3. The highest BCUT2D eigenvalue weighted by Crippen LogP contribution is 2.32. The minimum Gasteiger partial charge on any atom is -0.481 e. The van der Waals surface area contributed by atoms with Crippen LogP contribution in [0.2, 0.25) is 5.02 Å². The largest absolute Gasteiger partial charge is 0.481 e. The van der Waals surface area contributed by atoms with Gasteiger partial charge in [0.15, 0.2) is 0 Å². The van der Waals surface area contributed by atoms with Gasteiger partial charge in [-0.2, -0.15) is 0 Å². The highest BCUT2D eigenvalue weighted by atomic mass is 35.5. The highest BCUT2D eigenvalue weighted by Gasteiger charge is 2.20. The molecule has 106 valence electrons. The minimum absolute atomic E-state index is 0.271. The summed E-state index contributed by atoms with van der Waals surface area (Å²) in [5, 5.41) is 3.79.